The molecule has 1 aliphatic heterocycles. The van der Waals surface area contributed by atoms with Crippen LogP contribution in [0.2, 0.25) is 0 Å². The molecule has 0 unspecified atom stereocenters. The van der Waals surface area contributed by atoms with Crippen LogP contribution in [0.3, 0.4) is 0 Å². The third-order valence-electron chi connectivity index (χ3n) is 1.84. The molecular formula is C9H16N2. The van der Waals surface area contributed by atoms with Crippen molar-refractivity contribution in [2.45, 2.75) is 13.3 Å². The van der Waals surface area contributed by atoms with Gasteiger partial charge < -0.3 is 5.32 Å². The van der Waals surface area contributed by atoms with Crippen molar-refractivity contribution in [3.05, 3.63) is 23.9 Å². The lowest BCUT2D eigenvalue weighted by Gasteiger charge is -2.15. The van der Waals surface area contributed by atoms with Crippen LogP contribution in [-0.4, -0.2) is 25.2 Å². The fraction of sp³-hybridized carbons (Fsp3) is 0.556. The largest absolute Gasteiger partial charge is 0.378 e. The summed E-state index contributed by atoms with van der Waals surface area (Å²) in [6.45, 7) is 4.25. The van der Waals surface area contributed by atoms with Crippen molar-refractivity contribution in [3.8, 4) is 0 Å². The molecule has 0 saturated heterocycles. The Morgan fingerprint density at radius 3 is 3.18 bits per heavy atom. The lowest BCUT2D eigenvalue weighted by molar-refractivity contribution is 0.327. The zero-order valence-electron chi connectivity index (χ0n) is 7.30. The second-order valence-corrected chi connectivity index (χ2v) is 3.06. The highest BCUT2D eigenvalue weighted by molar-refractivity contribution is 5.10. The summed E-state index contributed by atoms with van der Waals surface area (Å²) in [6.07, 6.45) is 7.38. The summed E-state index contributed by atoms with van der Waals surface area (Å²) < 4.78 is 0. The molecule has 0 aromatic carbocycles. The van der Waals surface area contributed by atoms with Gasteiger partial charge in [0.2, 0.25) is 0 Å². The normalized spacial score (nSPS) is 28.7. The van der Waals surface area contributed by atoms with Crippen molar-refractivity contribution in [1.82, 2.24) is 10.2 Å². The van der Waals surface area contributed by atoms with Gasteiger partial charge >= 0.3 is 0 Å². The fourth-order valence-corrected chi connectivity index (χ4v) is 1.02. The molecule has 1 aliphatic rings. The van der Waals surface area contributed by atoms with E-state index in [9.17, 15) is 0 Å². The van der Waals surface area contributed by atoms with Crippen molar-refractivity contribution < 1.29 is 0 Å². The molecule has 0 atom stereocenters. The lowest BCUT2D eigenvalue weighted by atomic mass is 10.2. The van der Waals surface area contributed by atoms with Crippen molar-refractivity contribution in [1.29, 1.82) is 0 Å². The van der Waals surface area contributed by atoms with E-state index in [-0.39, 0.29) is 0 Å². The van der Waals surface area contributed by atoms with E-state index in [0.717, 1.165) is 13.2 Å². The summed E-state index contributed by atoms with van der Waals surface area (Å²) in [6, 6.07) is 0. The molecule has 2 nitrogen and oxygen atoms in total. The van der Waals surface area contributed by atoms with E-state index in [1.54, 1.807) is 0 Å². The van der Waals surface area contributed by atoms with E-state index >= 15 is 0 Å². The van der Waals surface area contributed by atoms with Crippen LogP contribution in [0.25, 0.3) is 0 Å². The van der Waals surface area contributed by atoms with E-state index in [1.165, 1.54) is 12.0 Å². The summed E-state index contributed by atoms with van der Waals surface area (Å²) in [4.78, 5) is 2.27. The molecular weight excluding hydrogens is 136 g/mol. The van der Waals surface area contributed by atoms with Crippen LogP contribution in [0.4, 0.5) is 0 Å². The second-order valence-electron chi connectivity index (χ2n) is 3.06. The number of hydrogen-bond acceptors (Lipinski definition) is 2. The minimum Gasteiger partial charge on any atom is -0.378 e. The number of allylic oxidation sites excluding steroid dienone is 2. The Labute approximate surface area is 68.6 Å². The van der Waals surface area contributed by atoms with Crippen LogP contribution in [0.1, 0.15) is 13.3 Å². The first-order valence-corrected chi connectivity index (χ1v) is 4.03. The standard InChI is InChI=1S/C9H16N2/c1-9-4-3-6-10-8-11(2)7-5-9/h3-4,6,10H,5,7-8H2,1-2H3/b6-3-,9-4-. The van der Waals surface area contributed by atoms with Crippen molar-refractivity contribution in [3.63, 3.8) is 0 Å². The minimum atomic E-state index is 0.942. The van der Waals surface area contributed by atoms with E-state index in [1.807, 2.05) is 6.20 Å². The molecule has 0 fully saturated rings. The van der Waals surface area contributed by atoms with Gasteiger partial charge in [0.25, 0.3) is 0 Å². The Morgan fingerprint density at radius 2 is 2.36 bits per heavy atom. The van der Waals surface area contributed by atoms with Gasteiger partial charge in [-0.05, 0) is 32.7 Å². The maximum atomic E-state index is 3.20. The third kappa shape index (κ3) is 3.23. The molecule has 1 rings (SSSR count). The number of nitrogens with zero attached hydrogens (tertiary/aromatic N) is 1. The second kappa shape index (κ2) is 4.19. The first-order valence-electron chi connectivity index (χ1n) is 4.03. The van der Waals surface area contributed by atoms with Crippen LogP contribution >= 0.6 is 0 Å². The highest BCUT2D eigenvalue weighted by Gasteiger charge is 1.97. The molecule has 0 bridgehead atoms. The summed E-state index contributed by atoms with van der Waals surface area (Å²) in [5.74, 6) is 0. The first-order chi connectivity index (χ1) is 5.29. The monoisotopic (exact) mass is 152 g/mol. The van der Waals surface area contributed by atoms with Crippen molar-refractivity contribution >= 4 is 0 Å². The van der Waals surface area contributed by atoms with E-state index in [2.05, 4.69) is 36.3 Å². The van der Waals surface area contributed by atoms with Crippen LogP contribution in [0.15, 0.2) is 23.9 Å². The fourth-order valence-electron chi connectivity index (χ4n) is 1.02. The molecule has 0 spiro atoms. The van der Waals surface area contributed by atoms with E-state index < -0.39 is 0 Å². The SMILES string of the molecule is C/C1=C/C=C\NCN(C)CC1. The van der Waals surface area contributed by atoms with Crippen LogP contribution < -0.4 is 5.32 Å². The highest BCUT2D eigenvalue weighted by Crippen LogP contribution is 2.01. The van der Waals surface area contributed by atoms with Crippen LogP contribution in [0, 0.1) is 0 Å². The zero-order valence-corrected chi connectivity index (χ0v) is 7.30. The zero-order chi connectivity index (χ0) is 8.10. The molecule has 1 heterocycles. The van der Waals surface area contributed by atoms with Gasteiger partial charge in [-0.3, -0.25) is 4.90 Å². The van der Waals surface area contributed by atoms with Gasteiger partial charge in [-0.15, -0.1) is 0 Å². The van der Waals surface area contributed by atoms with Crippen molar-refractivity contribution in [2.24, 2.45) is 0 Å². The Hall–Kier alpha value is -0.760. The van der Waals surface area contributed by atoms with Gasteiger partial charge in [-0.1, -0.05) is 11.6 Å². The molecule has 2 heteroatoms. The van der Waals surface area contributed by atoms with E-state index in [0.29, 0.717) is 0 Å². The van der Waals surface area contributed by atoms with Gasteiger partial charge in [0.15, 0.2) is 0 Å². The van der Waals surface area contributed by atoms with Gasteiger partial charge in [-0.25, -0.2) is 0 Å². The molecule has 0 radical (unpaired) electrons. The predicted octanol–water partition coefficient (Wildman–Crippen LogP) is 1.33. The Bertz CT molecular complexity index is 170. The maximum absolute atomic E-state index is 3.20. The average molecular weight is 152 g/mol. The summed E-state index contributed by atoms with van der Waals surface area (Å²) >= 11 is 0. The van der Waals surface area contributed by atoms with Gasteiger partial charge in [0, 0.05) is 6.54 Å². The molecule has 1 N–H and O–H groups in total. The predicted molar refractivity (Wildman–Crippen MR) is 48.1 cm³/mol. The van der Waals surface area contributed by atoms with Crippen molar-refractivity contribution in [2.75, 3.05) is 20.3 Å². The molecule has 11 heavy (non-hydrogen) atoms. The number of nitrogens with one attached hydrogen (secondary N) is 1. The number of rotatable bonds is 0. The summed E-state index contributed by atoms with van der Waals surface area (Å²) in [5, 5.41) is 3.20. The Kier molecular flexibility index (Phi) is 3.17. The quantitative estimate of drug-likeness (QED) is 0.563. The Morgan fingerprint density at radius 1 is 1.55 bits per heavy atom. The van der Waals surface area contributed by atoms with Crippen LogP contribution in [0.5, 0.6) is 0 Å². The Balaban J connectivity index is 2.49. The third-order valence-corrected chi connectivity index (χ3v) is 1.84. The molecule has 0 aromatic heterocycles. The smallest absolute Gasteiger partial charge is 0.0670 e. The topological polar surface area (TPSA) is 15.3 Å². The highest BCUT2D eigenvalue weighted by atomic mass is 15.2. The minimum absolute atomic E-state index is 0.942. The summed E-state index contributed by atoms with van der Waals surface area (Å²) in [7, 11) is 2.12. The van der Waals surface area contributed by atoms with Gasteiger partial charge in [-0.2, -0.15) is 0 Å². The lowest BCUT2D eigenvalue weighted by Crippen LogP contribution is -2.28. The maximum Gasteiger partial charge on any atom is 0.0670 e. The van der Waals surface area contributed by atoms with Gasteiger partial charge in [0.1, 0.15) is 0 Å². The molecule has 62 valence electrons. The molecule has 0 amide bonds. The molecule has 0 aliphatic carbocycles. The number of hydrogen-bond donors (Lipinski definition) is 1. The van der Waals surface area contributed by atoms with Crippen LogP contribution in [-0.2, 0) is 0 Å². The molecule has 0 aromatic rings. The van der Waals surface area contributed by atoms with Gasteiger partial charge in [0.05, 0.1) is 6.67 Å². The summed E-state index contributed by atoms with van der Waals surface area (Å²) in [5.41, 5.74) is 1.44. The average Bonchev–Trinajstić information content (AvgIpc) is 2.06. The first kappa shape index (κ1) is 8.34. The van der Waals surface area contributed by atoms with E-state index in [4.69, 9.17) is 0 Å². The molecule has 0 saturated carbocycles.